The molecule has 1 saturated carbocycles. The summed E-state index contributed by atoms with van der Waals surface area (Å²) in [5, 5.41) is 14.4. The minimum Gasteiger partial charge on any atom is -0.506 e. The zero-order valence-electron chi connectivity index (χ0n) is 13.9. The average molecular weight is 300 g/mol. The van der Waals surface area contributed by atoms with Crippen LogP contribution in [0.4, 0.5) is 5.69 Å². The lowest BCUT2D eigenvalue weighted by molar-refractivity contribution is 0.0796. The number of benzene rings is 1. The fourth-order valence-electron chi connectivity index (χ4n) is 5.43. The van der Waals surface area contributed by atoms with E-state index in [2.05, 4.69) is 36.3 Å². The van der Waals surface area contributed by atoms with Crippen molar-refractivity contribution in [2.45, 2.75) is 56.9 Å². The van der Waals surface area contributed by atoms with Gasteiger partial charge in [0.1, 0.15) is 5.75 Å². The molecule has 0 amide bonds. The third kappa shape index (κ3) is 1.91. The number of nitrogens with one attached hydrogen (secondary N) is 1. The topological polar surface area (TPSA) is 35.5 Å². The summed E-state index contributed by atoms with van der Waals surface area (Å²) in [6, 6.07) is 5.03. The van der Waals surface area contributed by atoms with Crippen molar-refractivity contribution in [2.75, 3.05) is 25.0 Å². The summed E-state index contributed by atoms with van der Waals surface area (Å²) in [5.41, 5.74) is 4.27. The van der Waals surface area contributed by atoms with Gasteiger partial charge in [-0.2, -0.15) is 0 Å². The largest absolute Gasteiger partial charge is 0.506 e. The number of hydrogen-bond donors (Lipinski definition) is 2. The van der Waals surface area contributed by atoms with Crippen LogP contribution >= 0.6 is 0 Å². The fraction of sp³-hybridized carbons (Fsp3) is 0.684. The van der Waals surface area contributed by atoms with E-state index in [-0.39, 0.29) is 0 Å². The molecule has 2 bridgehead atoms. The summed E-state index contributed by atoms with van der Waals surface area (Å²) in [5.74, 6) is 1.25. The molecule has 0 radical (unpaired) electrons. The number of aromatic hydroxyl groups is 1. The first kappa shape index (κ1) is 14.4. The van der Waals surface area contributed by atoms with Gasteiger partial charge in [-0.15, -0.1) is 0 Å². The van der Waals surface area contributed by atoms with Gasteiger partial charge in [0, 0.05) is 25.0 Å². The van der Waals surface area contributed by atoms with E-state index in [1.165, 1.54) is 43.2 Å². The van der Waals surface area contributed by atoms with E-state index in [0.29, 0.717) is 17.2 Å². The Kier molecular flexibility index (Phi) is 3.37. The molecule has 1 saturated heterocycles. The highest BCUT2D eigenvalue weighted by Gasteiger charge is 2.51. The van der Waals surface area contributed by atoms with Crippen LogP contribution in [0.15, 0.2) is 12.1 Å². The standard InChI is InChI=1S/C19H28N2O/c1-3-21(2)17-11-13-10-16-14-6-4-5-7-19(14,8-9-20-16)15(13)12-18(17)22/h11-12,14,16,20,22H,3-10H2,1-2H3/t14-,16+,19+/m0/s1. The summed E-state index contributed by atoms with van der Waals surface area (Å²) in [6.07, 6.45) is 7.76. The van der Waals surface area contributed by atoms with Gasteiger partial charge in [-0.25, -0.2) is 0 Å². The smallest absolute Gasteiger partial charge is 0.139 e. The van der Waals surface area contributed by atoms with Gasteiger partial charge in [-0.05, 0) is 68.3 Å². The average Bonchev–Trinajstić information content (AvgIpc) is 2.54. The highest BCUT2D eigenvalue weighted by atomic mass is 16.3. The van der Waals surface area contributed by atoms with Gasteiger partial charge in [0.15, 0.2) is 0 Å². The van der Waals surface area contributed by atoms with E-state index in [4.69, 9.17) is 0 Å². The molecule has 1 aliphatic heterocycles. The Morgan fingerprint density at radius 3 is 3.00 bits per heavy atom. The zero-order valence-corrected chi connectivity index (χ0v) is 13.9. The van der Waals surface area contributed by atoms with Gasteiger partial charge in [0.05, 0.1) is 5.69 Å². The molecular formula is C19H28N2O. The van der Waals surface area contributed by atoms with E-state index >= 15 is 0 Å². The summed E-state index contributed by atoms with van der Waals surface area (Å²) >= 11 is 0. The molecule has 4 rings (SSSR count). The van der Waals surface area contributed by atoms with E-state index in [1.807, 2.05) is 0 Å². The van der Waals surface area contributed by atoms with Gasteiger partial charge >= 0.3 is 0 Å². The number of fused-ring (bicyclic) bond motifs is 1. The van der Waals surface area contributed by atoms with Gasteiger partial charge in [0.25, 0.3) is 0 Å². The molecule has 2 N–H and O–H groups in total. The van der Waals surface area contributed by atoms with E-state index in [0.717, 1.165) is 31.1 Å². The number of piperidine rings is 1. The Morgan fingerprint density at radius 1 is 1.32 bits per heavy atom. The SMILES string of the molecule is CCN(C)c1cc2c(cc1O)[C@@]13CCCC[C@H]1[C@@H](C2)NCC3. The van der Waals surface area contributed by atoms with Crippen molar-refractivity contribution in [3.63, 3.8) is 0 Å². The molecule has 3 atom stereocenters. The fourth-order valence-corrected chi connectivity index (χ4v) is 5.43. The molecule has 3 heteroatoms. The van der Waals surface area contributed by atoms with Crippen LogP contribution in [0.25, 0.3) is 0 Å². The van der Waals surface area contributed by atoms with Crippen molar-refractivity contribution < 1.29 is 5.11 Å². The van der Waals surface area contributed by atoms with Crippen molar-refractivity contribution >= 4 is 5.69 Å². The molecular weight excluding hydrogens is 272 g/mol. The number of nitrogens with zero attached hydrogens (tertiary/aromatic N) is 1. The summed E-state index contributed by atoms with van der Waals surface area (Å²) in [6.45, 7) is 4.19. The molecule has 1 aromatic rings. The highest BCUT2D eigenvalue weighted by Crippen LogP contribution is 2.55. The Balaban J connectivity index is 1.85. The van der Waals surface area contributed by atoms with Gasteiger partial charge < -0.3 is 15.3 Å². The number of anilines is 1. The third-order valence-electron chi connectivity index (χ3n) is 6.62. The van der Waals surface area contributed by atoms with Crippen LogP contribution in [0, 0.1) is 5.92 Å². The van der Waals surface area contributed by atoms with E-state index in [9.17, 15) is 5.11 Å². The molecule has 0 spiro atoms. The summed E-state index contributed by atoms with van der Waals surface area (Å²) in [4.78, 5) is 2.14. The summed E-state index contributed by atoms with van der Waals surface area (Å²) in [7, 11) is 2.06. The van der Waals surface area contributed by atoms with E-state index in [1.54, 1.807) is 0 Å². The second-order valence-electron chi connectivity index (χ2n) is 7.54. The lowest BCUT2D eigenvalue weighted by Gasteiger charge is -2.56. The van der Waals surface area contributed by atoms with Crippen LogP contribution in [0.3, 0.4) is 0 Å². The maximum Gasteiger partial charge on any atom is 0.139 e. The van der Waals surface area contributed by atoms with Crippen LogP contribution < -0.4 is 10.2 Å². The second-order valence-corrected chi connectivity index (χ2v) is 7.54. The normalized spacial score (nSPS) is 33.0. The Labute approximate surface area is 133 Å². The van der Waals surface area contributed by atoms with Crippen molar-refractivity contribution in [3.05, 3.63) is 23.3 Å². The lowest BCUT2D eigenvalue weighted by Crippen LogP contribution is -2.59. The molecule has 2 fully saturated rings. The van der Waals surface area contributed by atoms with Crippen molar-refractivity contribution in [1.29, 1.82) is 0 Å². The van der Waals surface area contributed by atoms with Gasteiger partial charge in [-0.1, -0.05) is 12.8 Å². The molecule has 2 aliphatic carbocycles. The maximum atomic E-state index is 10.6. The van der Waals surface area contributed by atoms with Crippen molar-refractivity contribution in [1.82, 2.24) is 5.32 Å². The van der Waals surface area contributed by atoms with Crippen LogP contribution in [0.2, 0.25) is 0 Å². The predicted molar refractivity (Wildman–Crippen MR) is 90.8 cm³/mol. The van der Waals surface area contributed by atoms with Crippen molar-refractivity contribution in [2.24, 2.45) is 5.92 Å². The first-order valence-electron chi connectivity index (χ1n) is 8.96. The molecule has 22 heavy (non-hydrogen) atoms. The molecule has 3 nitrogen and oxygen atoms in total. The van der Waals surface area contributed by atoms with Crippen molar-refractivity contribution in [3.8, 4) is 5.75 Å². The van der Waals surface area contributed by atoms with Gasteiger partial charge in [-0.3, -0.25) is 0 Å². The molecule has 1 aromatic carbocycles. The zero-order chi connectivity index (χ0) is 15.3. The molecule has 3 aliphatic rings. The van der Waals surface area contributed by atoms with Crippen LogP contribution in [-0.2, 0) is 11.8 Å². The number of phenols is 1. The Bertz CT molecular complexity index is 581. The molecule has 1 heterocycles. The van der Waals surface area contributed by atoms with Crippen LogP contribution in [0.5, 0.6) is 5.75 Å². The van der Waals surface area contributed by atoms with Crippen LogP contribution in [0.1, 0.15) is 50.2 Å². The Morgan fingerprint density at radius 2 is 2.18 bits per heavy atom. The molecule has 0 unspecified atom stereocenters. The second kappa shape index (κ2) is 5.16. The van der Waals surface area contributed by atoms with Crippen LogP contribution in [-0.4, -0.2) is 31.3 Å². The quantitative estimate of drug-likeness (QED) is 0.880. The number of rotatable bonds is 2. The lowest BCUT2D eigenvalue weighted by atomic mass is 9.53. The Hall–Kier alpha value is -1.22. The number of phenolic OH excluding ortho intramolecular Hbond substituents is 1. The first-order valence-corrected chi connectivity index (χ1v) is 8.96. The summed E-state index contributed by atoms with van der Waals surface area (Å²) < 4.78 is 0. The molecule has 0 aromatic heterocycles. The minimum atomic E-state index is 0.336. The highest BCUT2D eigenvalue weighted by molar-refractivity contribution is 5.63. The maximum absolute atomic E-state index is 10.6. The minimum absolute atomic E-state index is 0.336. The predicted octanol–water partition coefficient (Wildman–Crippen LogP) is 3.19. The third-order valence-corrected chi connectivity index (χ3v) is 6.62. The number of hydrogen-bond acceptors (Lipinski definition) is 3. The first-order chi connectivity index (χ1) is 10.7. The molecule has 120 valence electrons. The monoisotopic (exact) mass is 300 g/mol. The van der Waals surface area contributed by atoms with E-state index < -0.39 is 0 Å². The van der Waals surface area contributed by atoms with Gasteiger partial charge in [0.2, 0.25) is 0 Å².